The molecule has 0 radical (unpaired) electrons. The number of hydrogen-bond donors (Lipinski definition) is 3. The lowest BCUT2D eigenvalue weighted by Gasteiger charge is -2.29. The molecule has 142 valence electrons. The molecule has 0 aromatic heterocycles. The van der Waals surface area contributed by atoms with Gasteiger partial charge in [-0.3, -0.25) is 4.99 Å². The summed E-state index contributed by atoms with van der Waals surface area (Å²) in [5.74, 6) is 1.73. The zero-order valence-electron chi connectivity index (χ0n) is 16.0. The third-order valence-electron chi connectivity index (χ3n) is 3.54. The first-order valence-corrected chi connectivity index (χ1v) is 8.57. The molecule has 1 aliphatic rings. The number of ether oxygens (including phenoxy) is 1. The number of guanidine groups is 1. The summed E-state index contributed by atoms with van der Waals surface area (Å²) >= 11 is 0. The molecule has 0 atom stereocenters. The Balaban J connectivity index is 0.00000529. The van der Waals surface area contributed by atoms with Gasteiger partial charge in [0.05, 0.1) is 5.54 Å². The molecule has 1 aliphatic carbocycles. The number of aliphatic imine (C=N–C) groups is 1. The highest BCUT2D eigenvalue weighted by atomic mass is 127. The molecule has 1 amide bonds. The van der Waals surface area contributed by atoms with Crippen molar-refractivity contribution in [3.05, 3.63) is 0 Å². The summed E-state index contributed by atoms with van der Waals surface area (Å²) in [6.45, 7) is 10.9. The van der Waals surface area contributed by atoms with Gasteiger partial charge in [0, 0.05) is 20.1 Å². The Kier molecular flexibility index (Phi) is 9.99. The molecule has 0 heterocycles. The van der Waals surface area contributed by atoms with Crippen molar-refractivity contribution < 1.29 is 9.53 Å². The Labute approximate surface area is 164 Å². The number of rotatable bonds is 7. The Morgan fingerprint density at radius 1 is 1.17 bits per heavy atom. The third kappa shape index (κ3) is 11.8. The highest BCUT2D eigenvalue weighted by Gasteiger charge is 2.25. The smallest absolute Gasteiger partial charge is 0.408 e. The number of nitrogens with zero attached hydrogens (tertiary/aromatic N) is 1. The lowest BCUT2D eigenvalue weighted by atomic mass is 10.1. The molecule has 3 N–H and O–H groups in total. The van der Waals surface area contributed by atoms with Crippen LogP contribution in [0.25, 0.3) is 0 Å². The fourth-order valence-electron chi connectivity index (χ4n) is 2.15. The summed E-state index contributed by atoms with van der Waals surface area (Å²) in [4.78, 5) is 16.1. The molecule has 0 saturated heterocycles. The van der Waals surface area contributed by atoms with Crippen LogP contribution in [0.2, 0.25) is 0 Å². The Morgan fingerprint density at radius 2 is 1.79 bits per heavy atom. The van der Waals surface area contributed by atoms with Crippen LogP contribution in [0.5, 0.6) is 0 Å². The summed E-state index contributed by atoms with van der Waals surface area (Å²) in [7, 11) is 1.75. The van der Waals surface area contributed by atoms with E-state index in [0.29, 0.717) is 6.54 Å². The molecule has 0 aliphatic heterocycles. The molecule has 0 aromatic carbocycles. The van der Waals surface area contributed by atoms with E-state index in [2.05, 4.69) is 20.9 Å². The van der Waals surface area contributed by atoms with Crippen molar-refractivity contribution in [1.29, 1.82) is 0 Å². The minimum absolute atomic E-state index is 0. The first kappa shape index (κ1) is 23.3. The van der Waals surface area contributed by atoms with Gasteiger partial charge in [-0.15, -0.1) is 24.0 Å². The van der Waals surface area contributed by atoms with Crippen LogP contribution < -0.4 is 16.0 Å². The largest absolute Gasteiger partial charge is 0.444 e. The summed E-state index contributed by atoms with van der Waals surface area (Å²) in [5.41, 5.74) is -0.930. The van der Waals surface area contributed by atoms with E-state index < -0.39 is 17.2 Å². The summed E-state index contributed by atoms with van der Waals surface area (Å²) < 4.78 is 5.29. The minimum Gasteiger partial charge on any atom is -0.444 e. The monoisotopic (exact) mass is 454 g/mol. The summed E-state index contributed by atoms with van der Waals surface area (Å²) in [5, 5.41) is 9.44. The summed E-state index contributed by atoms with van der Waals surface area (Å²) in [6, 6.07) is 0. The van der Waals surface area contributed by atoms with E-state index in [-0.39, 0.29) is 24.0 Å². The van der Waals surface area contributed by atoms with Gasteiger partial charge < -0.3 is 20.7 Å². The van der Waals surface area contributed by atoms with Gasteiger partial charge in [-0.25, -0.2) is 4.79 Å². The van der Waals surface area contributed by atoms with E-state index in [1.165, 1.54) is 25.7 Å². The predicted molar refractivity (Wildman–Crippen MR) is 110 cm³/mol. The van der Waals surface area contributed by atoms with Gasteiger partial charge in [-0.05, 0) is 53.4 Å². The van der Waals surface area contributed by atoms with Crippen molar-refractivity contribution in [2.24, 2.45) is 10.9 Å². The zero-order valence-corrected chi connectivity index (χ0v) is 18.3. The molecule has 0 unspecified atom stereocenters. The number of carbonyl (C=O) groups is 1. The Morgan fingerprint density at radius 3 is 2.29 bits per heavy atom. The number of alkyl carbamates (subject to hydrolysis) is 1. The van der Waals surface area contributed by atoms with Crippen LogP contribution in [0.4, 0.5) is 4.79 Å². The van der Waals surface area contributed by atoms with E-state index in [1.807, 2.05) is 34.6 Å². The number of nitrogens with one attached hydrogen (secondary N) is 3. The summed E-state index contributed by atoms with van der Waals surface area (Å²) in [6.07, 6.45) is 4.87. The van der Waals surface area contributed by atoms with Gasteiger partial charge in [0.1, 0.15) is 5.60 Å². The van der Waals surface area contributed by atoms with Crippen molar-refractivity contribution in [3.8, 4) is 0 Å². The molecule has 1 fully saturated rings. The maximum absolute atomic E-state index is 11.9. The van der Waals surface area contributed by atoms with Gasteiger partial charge in [0.2, 0.25) is 0 Å². The maximum Gasteiger partial charge on any atom is 0.408 e. The second-order valence-corrected chi connectivity index (χ2v) is 7.95. The quantitative estimate of drug-likeness (QED) is 0.239. The lowest BCUT2D eigenvalue weighted by molar-refractivity contribution is 0.0474. The second-order valence-electron chi connectivity index (χ2n) is 7.95. The van der Waals surface area contributed by atoms with E-state index in [1.54, 1.807) is 7.05 Å². The third-order valence-corrected chi connectivity index (χ3v) is 3.54. The van der Waals surface area contributed by atoms with Crippen molar-refractivity contribution in [2.45, 2.75) is 71.4 Å². The van der Waals surface area contributed by atoms with Crippen LogP contribution in [-0.2, 0) is 4.74 Å². The van der Waals surface area contributed by atoms with Crippen LogP contribution in [0.3, 0.4) is 0 Å². The van der Waals surface area contributed by atoms with E-state index >= 15 is 0 Å². The zero-order chi connectivity index (χ0) is 17.5. The molecular formula is C17H35IN4O2. The van der Waals surface area contributed by atoms with E-state index in [0.717, 1.165) is 18.4 Å². The molecular weight excluding hydrogens is 419 g/mol. The van der Waals surface area contributed by atoms with Gasteiger partial charge in [0.25, 0.3) is 0 Å². The fourth-order valence-corrected chi connectivity index (χ4v) is 2.15. The standard InChI is InChI=1S/C17H34N4O2.HI/c1-16(2,3)23-15(22)21-17(4,5)12-20-14(18-6)19-11-7-8-13-9-10-13;/h13H,7-12H2,1-6H3,(H,21,22)(H2,18,19,20);1H. The first-order valence-electron chi connectivity index (χ1n) is 8.57. The van der Waals surface area contributed by atoms with Crippen molar-refractivity contribution in [3.63, 3.8) is 0 Å². The topological polar surface area (TPSA) is 74.8 Å². The molecule has 0 spiro atoms. The minimum atomic E-state index is -0.493. The fraction of sp³-hybridized carbons (Fsp3) is 0.882. The molecule has 0 bridgehead atoms. The molecule has 0 aromatic rings. The van der Waals surface area contributed by atoms with Gasteiger partial charge in [-0.1, -0.05) is 12.8 Å². The SMILES string of the molecule is CN=C(NCCCC1CC1)NCC(C)(C)NC(=O)OC(C)(C)C.I. The van der Waals surface area contributed by atoms with E-state index in [9.17, 15) is 4.79 Å². The van der Waals surface area contributed by atoms with Gasteiger partial charge in [-0.2, -0.15) is 0 Å². The average Bonchev–Trinajstić information content (AvgIpc) is 3.18. The van der Waals surface area contributed by atoms with Crippen molar-refractivity contribution in [1.82, 2.24) is 16.0 Å². The predicted octanol–water partition coefficient (Wildman–Crippen LogP) is 3.26. The number of carbonyl (C=O) groups excluding carboxylic acids is 1. The van der Waals surface area contributed by atoms with Gasteiger partial charge in [0.15, 0.2) is 5.96 Å². The molecule has 7 heteroatoms. The number of halogens is 1. The van der Waals surface area contributed by atoms with E-state index in [4.69, 9.17) is 4.74 Å². The van der Waals surface area contributed by atoms with Crippen LogP contribution in [0.1, 0.15) is 60.3 Å². The highest BCUT2D eigenvalue weighted by Crippen LogP contribution is 2.33. The molecule has 1 rings (SSSR count). The molecule has 6 nitrogen and oxygen atoms in total. The Bertz CT molecular complexity index is 415. The highest BCUT2D eigenvalue weighted by molar-refractivity contribution is 14.0. The first-order chi connectivity index (χ1) is 10.6. The molecule has 24 heavy (non-hydrogen) atoms. The van der Waals surface area contributed by atoms with Gasteiger partial charge >= 0.3 is 6.09 Å². The second kappa shape index (κ2) is 10.3. The van der Waals surface area contributed by atoms with Crippen LogP contribution in [-0.4, -0.2) is 43.3 Å². The Hall–Kier alpha value is -0.730. The maximum atomic E-state index is 11.9. The van der Waals surface area contributed by atoms with Crippen LogP contribution >= 0.6 is 24.0 Å². The average molecular weight is 454 g/mol. The number of hydrogen-bond acceptors (Lipinski definition) is 3. The van der Waals surface area contributed by atoms with Crippen molar-refractivity contribution in [2.75, 3.05) is 20.1 Å². The normalized spacial score (nSPS) is 15.3. The lowest BCUT2D eigenvalue weighted by Crippen LogP contribution is -2.54. The number of amides is 1. The van der Waals surface area contributed by atoms with Crippen molar-refractivity contribution >= 4 is 36.0 Å². The van der Waals surface area contributed by atoms with Crippen LogP contribution in [0, 0.1) is 5.92 Å². The van der Waals surface area contributed by atoms with Crippen LogP contribution in [0.15, 0.2) is 4.99 Å². The molecule has 1 saturated carbocycles.